The fraction of sp³-hybridized carbons (Fsp3) is 0.571. The number of hydrogen-bond acceptors (Lipinski definition) is 3. The van der Waals surface area contributed by atoms with Crippen LogP contribution in [0.5, 0.6) is 0 Å². The molecule has 1 aromatic carbocycles. The number of likely N-dealkylation sites (tertiary alicyclic amines) is 1. The first-order valence-corrected chi connectivity index (χ1v) is 7.30. The van der Waals surface area contributed by atoms with Crippen molar-refractivity contribution in [2.75, 3.05) is 20.2 Å². The molecule has 5 heteroatoms. The van der Waals surface area contributed by atoms with E-state index < -0.39 is 0 Å². The first kappa shape index (κ1) is 15.1. The molecule has 1 saturated heterocycles. The topological polar surface area (TPSA) is 38.5 Å². The molecule has 3 nitrogen and oxygen atoms in total. The maximum Gasteiger partial charge on any atom is 0.0599 e. The number of ether oxygens (including phenoxy) is 1. The van der Waals surface area contributed by atoms with E-state index in [0.717, 1.165) is 25.9 Å². The number of halogens is 2. The molecule has 2 rings (SSSR count). The maximum atomic E-state index is 6.05. The van der Waals surface area contributed by atoms with Gasteiger partial charge in [-0.25, -0.2) is 0 Å². The third-order valence-corrected chi connectivity index (χ3v) is 4.50. The summed E-state index contributed by atoms with van der Waals surface area (Å²) in [5.41, 5.74) is 7.04. The molecule has 1 aromatic rings. The number of hydrogen-bond donors (Lipinski definition) is 1. The lowest BCUT2D eigenvalue weighted by Crippen LogP contribution is -2.47. The second-order valence-electron chi connectivity index (χ2n) is 4.99. The Balaban J connectivity index is 2.03. The molecule has 0 aromatic heterocycles. The molecule has 2 N–H and O–H groups in total. The predicted octanol–water partition coefficient (Wildman–Crippen LogP) is 2.93. The van der Waals surface area contributed by atoms with E-state index in [0.29, 0.717) is 28.7 Å². The van der Waals surface area contributed by atoms with Crippen LogP contribution in [-0.4, -0.2) is 37.2 Å². The maximum absolute atomic E-state index is 6.05. The lowest BCUT2D eigenvalue weighted by molar-refractivity contribution is 0.0102. The summed E-state index contributed by atoms with van der Waals surface area (Å²) in [4.78, 5) is 2.40. The van der Waals surface area contributed by atoms with Gasteiger partial charge in [-0.1, -0.05) is 29.3 Å². The van der Waals surface area contributed by atoms with E-state index in [1.165, 1.54) is 5.56 Å². The molecule has 0 spiro atoms. The molecule has 106 valence electrons. The molecule has 0 saturated carbocycles. The highest BCUT2D eigenvalue weighted by Crippen LogP contribution is 2.25. The van der Waals surface area contributed by atoms with Crippen LogP contribution in [0.4, 0.5) is 0 Å². The monoisotopic (exact) mass is 302 g/mol. The Morgan fingerprint density at radius 3 is 2.79 bits per heavy atom. The lowest BCUT2D eigenvalue weighted by Gasteiger charge is -2.38. The third-order valence-electron chi connectivity index (χ3n) is 3.76. The zero-order valence-corrected chi connectivity index (χ0v) is 12.6. The van der Waals surface area contributed by atoms with Crippen LogP contribution in [0.1, 0.15) is 18.4 Å². The largest absolute Gasteiger partial charge is 0.381 e. The van der Waals surface area contributed by atoms with E-state index in [9.17, 15) is 0 Å². The average Bonchev–Trinajstić information content (AvgIpc) is 2.43. The van der Waals surface area contributed by atoms with Crippen LogP contribution in [0.3, 0.4) is 0 Å². The van der Waals surface area contributed by atoms with Gasteiger partial charge in [-0.05, 0) is 30.5 Å². The third kappa shape index (κ3) is 3.83. The minimum atomic E-state index is 0.332. The number of benzene rings is 1. The quantitative estimate of drug-likeness (QED) is 0.929. The first-order valence-electron chi connectivity index (χ1n) is 6.55. The highest BCUT2D eigenvalue weighted by molar-refractivity contribution is 6.42. The van der Waals surface area contributed by atoms with Gasteiger partial charge in [0.2, 0.25) is 0 Å². The zero-order valence-electron chi connectivity index (χ0n) is 11.1. The van der Waals surface area contributed by atoms with E-state index in [1.54, 1.807) is 7.11 Å². The Morgan fingerprint density at radius 1 is 1.37 bits per heavy atom. The van der Waals surface area contributed by atoms with Gasteiger partial charge < -0.3 is 10.5 Å². The van der Waals surface area contributed by atoms with Gasteiger partial charge in [0.1, 0.15) is 0 Å². The smallest absolute Gasteiger partial charge is 0.0599 e. The van der Waals surface area contributed by atoms with E-state index in [-0.39, 0.29) is 0 Å². The average molecular weight is 303 g/mol. The molecule has 0 aliphatic carbocycles. The molecule has 19 heavy (non-hydrogen) atoms. The fourth-order valence-corrected chi connectivity index (χ4v) is 2.92. The summed E-state index contributed by atoms with van der Waals surface area (Å²) in [6.45, 7) is 2.51. The van der Waals surface area contributed by atoms with Crippen molar-refractivity contribution >= 4 is 23.2 Å². The number of nitrogens with two attached hydrogens (primary N) is 1. The van der Waals surface area contributed by atoms with Crippen LogP contribution in [-0.2, 0) is 11.3 Å². The summed E-state index contributed by atoms with van der Waals surface area (Å²) in [6.07, 6.45) is 2.38. The summed E-state index contributed by atoms with van der Waals surface area (Å²) in [6, 6.07) is 6.16. The van der Waals surface area contributed by atoms with Crippen molar-refractivity contribution in [3.8, 4) is 0 Å². The van der Waals surface area contributed by atoms with Crippen molar-refractivity contribution in [1.82, 2.24) is 4.90 Å². The van der Waals surface area contributed by atoms with Crippen molar-refractivity contribution in [2.45, 2.75) is 31.5 Å². The van der Waals surface area contributed by atoms with Gasteiger partial charge >= 0.3 is 0 Å². The minimum absolute atomic E-state index is 0.332. The van der Waals surface area contributed by atoms with Crippen molar-refractivity contribution in [1.29, 1.82) is 0 Å². The second kappa shape index (κ2) is 6.91. The van der Waals surface area contributed by atoms with E-state index in [1.807, 2.05) is 18.2 Å². The first-order chi connectivity index (χ1) is 9.13. The summed E-state index contributed by atoms with van der Waals surface area (Å²) < 4.78 is 5.44. The van der Waals surface area contributed by atoms with Crippen LogP contribution in [0.15, 0.2) is 18.2 Å². The van der Waals surface area contributed by atoms with Crippen LogP contribution in [0.2, 0.25) is 10.0 Å². The molecule has 1 heterocycles. The predicted molar refractivity (Wildman–Crippen MR) is 79.7 cm³/mol. The van der Waals surface area contributed by atoms with Crippen LogP contribution < -0.4 is 5.73 Å². The Bertz CT molecular complexity index is 428. The van der Waals surface area contributed by atoms with Gasteiger partial charge in [0, 0.05) is 32.8 Å². The Kier molecular flexibility index (Phi) is 5.48. The SMILES string of the molecule is COC1CCN(Cc2ccc(Cl)c(Cl)c2)C(CN)C1. The molecule has 1 aliphatic heterocycles. The number of methoxy groups -OCH3 is 1. The Morgan fingerprint density at radius 2 is 2.16 bits per heavy atom. The second-order valence-corrected chi connectivity index (χ2v) is 5.80. The van der Waals surface area contributed by atoms with Crippen molar-refractivity contribution < 1.29 is 4.74 Å². The molecular formula is C14H20Cl2N2O. The highest BCUT2D eigenvalue weighted by Gasteiger charge is 2.27. The summed E-state index contributed by atoms with van der Waals surface area (Å²) in [7, 11) is 1.77. The van der Waals surface area contributed by atoms with E-state index in [2.05, 4.69) is 4.90 Å². The van der Waals surface area contributed by atoms with Crippen LogP contribution >= 0.6 is 23.2 Å². The van der Waals surface area contributed by atoms with Gasteiger partial charge in [-0.15, -0.1) is 0 Å². The summed E-state index contributed by atoms with van der Waals surface area (Å²) in [5, 5.41) is 1.20. The summed E-state index contributed by atoms with van der Waals surface area (Å²) in [5.74, 6) is 0. The fourth-order valence-electron chi connectivity index (χ4n) is 2.60. The highest BCUT2D eigenvalue weighted by atomic mass is 35.5. The van der Waals surface area contributed by atoms with Crippen molar-refractivity contribution in [3.05, 3.63) is 33.8 Å². The molecule has 2 unspecified atom stereocenters. The van der Waals surface area contributed by atoms with Crippen LogP contribution in [0, 0.1) is 0 Å². The lowest BCUT2D eigenvalue weighted by atomic mass is 9.98. The molecule has 0 amide bonds. The molecule has 2 atom stereocenters. The van der Waals surface area contributed by atoms with Gasteiger partial charge in [-0.2, -0.15) is 0 Å². The van der Waals surface area contributed by atoms with E-state index in [4.69, 9.17) is 33.7 Å². The van der Waals surface area contributed by atoms with Crippen molar-refractivity contribution in [3.63, 3.8) is 0 Å². The standard InChI is InChI=1S/C14H20Cl2N2O/c1-19-12-4-5-18(11(7-12)8-17)9-10-2-3-13(15)14(16)6-10/h2-3,6,11-12H,4-5,7-9,17H2,1H3. The number of piperidine rings is 1. The van der Waals surface area contributed by atoms with Crippen LogP contribution in [0.25, 0.3) is 0 Å². The molecule has 0 bridgehead atoms. The molecular weight excluding hydrogens is 283 g/mol. The Hall–Kier alpha value is -0.320. The zero-order chi connectivity index (χ0) is 13.8. The number of rotatable bonds is 4. The normalized spacial score (nSPS) is 24.6. The van der Waals surface area contributed by atoms with Crippen molar-refractivity contribution in [2.24, 2.45) is 5.73 Å². The summed E-state index contributed by atoms with van der Waals surface area (Å²) >= 11 is 12.0. The molecule has 1 fully saturated rings. The number of nitrogens with zero attached hydrogens (tertiary/aromatic N) is 1. The van der Waals surface area contributed by atoms with Gasteiger partial charge in [0.25, 0.3) is 0 Å². The molecule has 0 radical (unpaired) electrons. The van der Waals surface area contributed by atoms with E-state index >= 15 is 0 Å². The van der Waals surface area contributed by atoms with Gasteiger partial charge in [-0.3, -0.25) is 4.90 Å². The minimum Gasteiger partial charge on any atom is -0.381 e. The Labute approximate surface area is 124 Å². The van der Waals surface area contributed by atoms with Gasteiger partial charge in [0.15, 0.2) is 0 Å². The molecule has 1 aliphatic rings. The van der Waals surface area contributed by atoms with Gasteiger partial charge in [0.05, 0.1) is 16.1 Å².